The van der Waals surface area contributed by atoms with Crippen molar-refractivity contribution in [2.45, 2.75) is 46.0 Å². The topological polar surface area (TPSA) is 47.9 Å². The van der Waals surface area contributed by atoms with Crippen molar-refractivity contribution in [3.05, 3.63) is 59.7 Å². The number of benzene rings is 1. The normalized spacial score (nSPS) is 22.1. The van der Waals surface area contributed by atoms with Crippen molar-refractivity contribution in [1.82, 2.24) is 0 Å². The van der Waals surface area contributed by atoms with E-state index in [1.54, 1.807) is 6.92 Å². The Hall–Kier alpha value is -1.46. The molecule has 4 atom stereocenters. The Morgan fingerprint density at radius 2 is 1.92 bits per heavy atom. The number of allylic oxidation sites excluding steroid dienone is 2. The minimum atomic E-state index is -0.847. The quantitative estimate of drug-likeness (QED) is 0.462. The largest absolute Gasteiger partial charge is 0.368 e. The van der Waals surface area contributed by atoms with Gasteiger partial charge < -0.3 is 19.3 Å². The third-order valence-electron chi connectivity index (χ3n) is 4.58. The van der Waals surface area contributed by atoms with E-state index < -0.39 is 6.29 Å². The third kappa shape index (κ3) is 7.04. The summed E-state index contributed by atoms with van der Waals surface area (Å²) in [4.78, 5) is 0. The van der Waals surface area contributed by atoms with E-state index in [0.717, 1.165) is 5.56 Å². The molecule has 4 unspecified atom stereocenters. The lowest BCUT2D eigenvalue weighted by molar-refractivity contribution is -0.158. The maximum Gasteiger partial charge on any atom is 0.152 e. The summed E-state index contributed by atoms with van der Waals surface area (Å²) in [5.41, 5.74) is 2.19. The van der Waals surface area contributed by atoms with Gasteiger partial charge in [0.15, 0.2) is 6.29 Å². The Labute approximate surface area is 157 Å². The molecule has 2 rings (SSSR count). The monoisotopic (exact) mass is 360 g/mol. The van der Waals surface area contributed by atoms with Gasteiger partial charge in [-0.05, 0) is 36.3 Å². The molecular weight excluding hydrogens is 328 g/mol. The first-order valence-electron chi connectivity index (χ1n) is 9.53. The molecular formula is C22H32O4. The predicted octanol–water partition coefficient (Wildman–Crippen LogP) is 4.62. The van der Waals surface area contributed by atoms with Crippen molar-refractivity contribution in [1.29, 1.82) is 0 Å². The van der Waals surface area contributed by atoms with E-state index in [9.17, 15) is 5.11 Å². The Balaban J connectivity index is 1.74. The average Bonchev–Trinajstić information content (AvgIpc) is 2.63. The van der Waals surface area contributed by atoms with Crippen molar-refractivity contribution in [2.75, 3.05) is 20.0 Å². The molecule has 0 fully saturated rings. The molecule has 26 heavy (non-hydrogen) atoms. The van der Waals surface area contributed by atoms with Gasteiger partial charge in [0.2, 0.25) is 0 Å². The summed E-state index contributed by atoms with van der Waals surface area (Å²) in [7, 11) is 0. The van der Waals surface area contributed by atoms with Crippen LogP contribution >= 0.6 is 0 Å². The molecule has 0 aliphatic heterocycles. The smallest absolute Gasteiger partial charge is 0.152 e. The molecule has 0 saturated heterocycles. The number of ether oxygens (including phenoxy) is 3. The van der Waals surface area contributed by atoms with E-state index in [1.165, 1.54) is 18.4 Å². The van der Waals surface area contributed by atoms with E-state index in [0.29, 0.717) is 25.0 Å². The molecule has 4 heteroatoms. The molecule has 4 nitrogen and oxygen atoms in total. The van der Waals surface area contributed by atoms with Gasteiger partial charge in [0.1, 0.15) is 12.9 Å². The molecule has 1 aliphatic carbocycles. The molecule has 0 aromatic heterocycles. The number of rotatable bonds is 11. The fourth-order valence-electron chi connectivity index (χ4n) is 3.17. The number of aliphatic hydroxyl groups is 1. The molecule has 0 saturated carbocycles. The molecule has 0 amide bonds. The summed E-state index contributed by atoms with van der Waals surface area (Å²) in [6.45, 7) is 7.17. The SMILES string of the molecule is CCCC1C=C(COCOCC(OC(C)O)c2ccccc2)C=CC1C. The summed E-state index contributed by atoms with van der Waals surface area (Å²) < 4.78 is 16.8. The molecule has 1 aromatic carbocycles. The maximum atomic E-state index is 9.52. The summed E-state index contributed by atoms with van der Waals surface area (Å²) in [5.74, 6) is 1.20. The van der Waals surface area contributed by atoms with Crippen LogP contribution in [0.15, 0.2) is 54.1 Å². The summed E-state index contributed by atoms with van der Waals surface area (Å²) >= 11 is 0. The van der Waals surface area contributed by atoms with Crippen molar-refractivity contribution in [3.8, 4) is 0 Å². The number of aliphatic hydroxyl groups excluding tert-OH is 1. The second-order valence-corrected chi connectivity index (χ2v) is 6.88. The van der Waals surface area contributed by atoms with Crippen LogP contribution in [0.5, 0.6) is 0 Å². The fourth-order valence-corrected chi connectivity index (χ4v) is 3.17. The highest BCUT2D eigenvalue weighted by Crippen LogP contribution is 2.26. The standard InChI is InChI=1S/C22H32O4/c1-4-8-21-13-19(12-11-17(21)2)14-24-16-25-15-22(26-18(3)23)20-9-6-5-7-10-20/h5-7,9-13,17-18,21-23H,4,8,14-16H2,1-3H3. The van der Waals surface area contributed by atoms with Crippen molar-refractivity contribution in [3.63, 3.8) is 0 Å². The van der Waals surface area contributed by atoms with Gasteiger partial charge in [-0.3, -0.25) is 0 Å². The highest BCUT2D eigenvalue weighted by molar-refractivity contribution is 5.25. The van der Waals surface area contributed by atoms with E-state index in [1.807, 2.05) is 30.3 Å². The van der Waals surface area contributed by atoms with Crippen molar-refractivity contribution in [2.24, 2.45) is 11.8 Å². The van der Waals surface area contributed by atoms with Crippen LogP contribution in [0.1, 0.15) is 45.3 Å². The number of hydrogen-bond donors (Lipinski definition) is 1. The van der Waals surface area contributed by atoms with Gasteiger partial charge in [-0.1, -0.05) is 68.8 Å². The third-order valence-corrected chi connectivity index (χ3v) is 4.58. The molecule has 0 radical (unpaired) electrons. The highest BCUT2D eigenvalue weighted by Gasteiger charge is 2.17. The van der Waals surface area contributed by atoms with Crippen LogP contribution in [0.2, 0.25) is 0 Å². The van der Waals surface area contributed by atoms with Gasteiger partial charge in [0.05, 0.1) is 13.2 Å². The predicted molar refractivity (Wildman–Crippen MR) is 104 cm³/mol. The maximum absolute atomic E-state index is 9.52. The van der Waals surface area contributed by atoms with Gasteiger partial charge in [-0.15, -0.1) is 0 Å². The zero-order chi connectivity index (χ0) is 18.8. The second-order valence-electron chi connectivity index (χ2n) is 6.88. The second kappa shape index (κ2) is 11.3. The molecule has 0 heterocycles. The van der Waals surface area contributed by atoms with Crippen molar-refractivity contribution >= 4 is 0 Å². The first-order chi connectivity index (χ1) is 12.6. The fraction of sp³-hybridized carbons (Fsp3) is 0.545. The van der Waals surface area contributed by atoms with Gasteiger partial charge in [0, 0.05) is 0 Å². The van der Waals surface area contributed by atoms with E-state index >= 15 is 0 Å². The molecule has 144 valence electrons. The first kappa shape index (κ1) is 20.8. The minimum Gasteiger partial charge on any atom is -0.368 e. The van der Waals surface area contributed by atoms with Crippen molar-refractivity contribution < 1.29 is 19.3 Å². The zero-order valence-corrected chi connectivity index (χ0v) is 16.1. The van der Waals surface area contributed by atoms with Gasteiger partial charge >= 0.3 is 0 Å². The van der Waals surface area contributed by atoms with Crippen LogP contribution in [-0.4, -0.2) is 31.4 Å². The van der Waals surface area contributed by atoms with E-state index in [2.05, 4.69) is 32.1 Å². The van der Waals surface area contributed by atoms with Gasteiger partial charge in [0.25, 0.3) is 0 Å². The lowest BCUT2D eigenvalue weighted by Gasteiger charge is -2.23. The van der Waals surface area contributed by atoms with E-state index in [4.69, 9.17) is 14.2 Å². The molecule has 1 aromatic rings. The molecule has 0 bridgehead atoms. The first-order valence-corrected chi connectivity index (χ1v) is 9.53. The van der Waals surface area contributed by atoms with Crippen LogP contribution < -0.4 is 0 Å². The molecule has 0 spiro atoms. The highest BCUT2D eigenvalue weighted by atomic mass is 16.7. The minimum absolute atomic E-state index is 0.200. The summed E-state index contributed by atoms with van der Waals surface area (Å²) in [6, 6.07) is 9.76. The average molecular weight is 360 g/mol. The summed E-state index contributed by atoms with van der Waals surface area (Å²) in [5, 5.41) is 9.52. The van der Waals surface area contributed by atoms with Crippen LogP contribution in [0.4, 0.5) is 0 Å². The van der Waals surface area contributed by atoms with Crippen LogP contribution in [0, 0.1) is 11.8 Å². The van der Waals surface area contributed by atoms with Gasteiger partial charge in [-0.25, -0.2) is 0 Å². The van der Waals surface area contributed by atoms with E-state index in [-0.39, 0.29) is 12.9 Å². The Morgan fingerprint density at radius 1 is 1.15 bits per heavy atom. The zero-order valence-electron chi connectivity index (χ0n) is 16.1. The molecule has 1 aliphatic rings. The van der Waals surface area contributed by atoms with Crippen LogP contribution in [-0.2, 0) is 14.2 Å². The van der Waals surface area contributed by atoms with Crippen LogP contribution in [0.25, 0.3) is 0 Å². The van der Waals surface area contributed by atoms with Gasteiger partial charge in [-0.2, -0.15) is 0 Å². The molecule has 1 N–H and O–H groups in total. The lowest BCUT2D eigenvalue weighted by Crippen LogP contribution is -2.19. The Morgan fingerprint density at radius 3 is 2.62 bits per heavy atom. The Bertz CT molecular complexity index is 565. The Kier molecular flexibility index (Phi) is 9.06. The summed E-state index contributed by atoms with van der Waals surface area (Å²) in [6.07, 6.45) is 7.99. The van der Waals surface area contributed by atoms with Crippen LogP contribution in [0.3, 0.4) is 0 Å². The lowest BCUT2D eigenvalue weighted by atomic mass is 9.84. The number of hydrogen-bond acceptors (Lipinski definition) is 4.